The Hall–Kier alpha value is -5.05. The van der Waals surface area contributed by atoms with Crippen molar-refractivity contribution in [2.75, 3.05) is 0 Å². The second kappa shape index (κ2) is 7.24. The highest BCUT2D eigenvalue weighted by atomic mass is 15.0. The van der Waals surface area contributed by atoms with E-state index in [1.54, 1.807) is 12.4 Å². The van der Waals surface area contributed by atoms with Crippen molar-refractivity contribution in [2.45, 2.75) is 0 Å². The molecule has 162 valence electrons. The molecule has 9 heteroatoms. The van der Waals surface area contributed by atoms with Gasteiger partial charge in [-0.25, -0.2) is 24.9 Å². The predicted molar refractivity (Wildman–Crippen MR) is 130 cm³/mol. The van der Waals surface area contributed by atoms with Gasteiger partial charge in [0.15, 0.2) is 11.6 Å². The van der Waals surface area contributed by atoms with E-state index in [0.717, 1.165) is 56.2 Å². The number of nitrogens with zero attached hydrogens (tertiary/aromatic N) is 5. The number of H-pyrrole nitrogens is 4. The molecule has 0 saturated carbocycles. The van der Waals surface area contributed by atoms with Crippen LogP contribution in [0.4, 0.5) is 0 Å². The Morgan fingerprint density at radius 3 is 1.53 bits per heavy atom. The van der Waals surface area contributed by atoms with Gasteiger partial charge < -0.3 is 19.9 Å². The van der Waals surface area contributed by atoms with Crippen LogP contribution in [0.5, 0.6) is 0 Å². The minimum Gasteiger partial charge on any atom is -0.345 e. The highest BCUT2D eigenvalue weighted by molar-refractivity contribution is 5.84. The molecule has 0 bridgehead atoms. The number of nitrogens with one attached hydrogen (secondary N) is 4. The normalized spacial score (nSPS) is 11.5. The summed E-state index contributed by atoms with van der Waals surface area (Å²) in [7, 11) is 0. The van der Waals surface area contributed by atoms with Crippen LogP contribution in [0.3, 0.4) is 0 Å². The van der Waals surface area contributed by atoms with Crippen LogP contribution in [0.1, 0.15) is 0 Å². The first-order chi connectivity index (χ1) is 16.8. The molecule has 5 aromatic heterocycles. The molecule has 0 atom stereocenters. The number of aromatic nitrogens is 9. The van der Waals surface area contributed by atoms with E-state index in [-0.39, 0.29) is 0 Å². The van der Waals surface area contributed by atoms with E-state index >= 15 is 0 Å². The molecule has 9 nitrogen and oxygen atoms in total. The second-order valence-corrected chi connectivity index (χ2v) is 7.92. The summed E-state index contributed by atoms with van der Waals surface area (Å²) < 4.78 is 0. The van der Waals surface area contributed by atoms with Gasteiger partial charge in [-0.15, -0.1) is 0 Å². The van der Waals surface area contributed by atoms with Gasteiger partial charge in [-0.3, -0.25) is 0 Å². The molecule has 0 aliphatic rings. The molecule has 0 spiro atoms. The van der Waals surface area contributed by atoms with E-state index in [0.29, 0.717) is 11.6 Å². The summed E-state index contributed by atoms with van der Waals surface area (Å²) >= 11 is 0. The topological polar surface area (TPSA) is 128 Å². The van der Waals surface area contributed by atoms with Crippen LogP contribution in [0.2, 0.25) is 0 Å². The maximum atomic E-state index is 4.82. The third-order valence-electron chi connectivity index (χ3n) is 5.74. The first-order valence-corrected chi connectivity index (χ1v) is 10.8. The lowest BCUT2D eigenvalue weighted by molar-refractivity contribution is 1.20. The van der Waals surface area contributed by atoms with Gasteiger partial charge in [0.05, 0.1) is 22.1 Å². The zero-order chi connectivity index (χ0) is 22.5. The van der Waals surface area contributed by atoms with Gasteiger partial charge >= 0.3 is 0 Å². The Balaban J connectivity index is 1.25. The zero-order valence-electron chi connectivity index (χ0n) is 17.7. The molecule has 34 heavy (non-hydrogen) atoms. The summed E-state index contributed by atoms with van der Waals surface area (Å²) in [5.41, 5.74) is 7.04. The number of pyridine rings is 1. The van der Waals surface area contributed by atoms with Gasteiger partial charge in [0.1, 0.15) is 23.0 Å². The van der Waals surface area contributed by atoms with E-state index < -0.39 is 0 Å². The molecule has 0 saturated heterocycles. The molecule has 0 unspecified atom stereocenters. The number of hydrogen-bond donors (Lipinski definition) is 4. The summed E-state index contributed by atoms with van der Waals surface area (Å²) in [5, 5.41) is 0. The lowest BCUT2D eigenvalue weighted by Gasteiger charge is -1.99. The minimum atomic E-state index is 0.699. The smallest absolute Gasteiger partial charge is 0.157 e. The van der Waals surface area contributed by atoms with Crippen molar-refractivity contribution in [3.05, 3.63) is 79.4 Å². The molecule has 4 N–H and O–H groups in total. The zero-order valence-corrected chi connectivity index (χ0v) is 17.7. The maximum absolute atomic E-state index is 4.82. The van der Waals surface area contributed by atoms with Crippen LogP contribution in [-0.2, 0) is 0 Å². The highest BCUT2D eigenvalue weighted by Crippen LogP contribution is 2.27. The Bertz CT molecular complexity index is 1630. The Morgan fingerprint density at radius 2 is 1.06 bits per heavy atom. The van der Waals surface area contributed by atoms with E-state index in [1.165, 1.54) is 0 Å². The van der Waals surface area contributed by atoms with Gasteiger partial charge in [-0.05, 0) is 48.5 Å². The summed E-state index contributed by atoms with van der Waals surface area (Å²) in [6.07, 6.45) is 7.10. The fraction of sp³-hybridized carbons (Fsp3) is 0. The summed E-state index contributed by atoms with van der Waals surface area (Å²) in [4.78, 5) is 36.0. The van der Waals surface area contributed by atoms with E-state index in [1.807, 2.05) is 67.0 Å². The molecule has 0 radical (unpaired) electrons. The summed E-state index contributed by atoms with van der Waals surface area (Å²) in [6, 6.07) is 17.9. The quantitative estimate of drug-likeness (QED) is 0.306. The lowest BCUT2D eigenvalue weighted by Crippen LogP contribution is -1.90. The van der Waals surface area contributed by atoms with Crippen molar-refractivity contribution >= 4 is 22.1 Å². The summed E-state index contributed by atoms with van der Waals surface area (Å²) in [5.74, 6) is 3.03. The summed E-state index contributed by atoms with van der Waals surface area (Å²) in [6.45, 7) is 0. The third kappa shape index (κ3) is 3.06. The lowest BCUT2D eigenvalue weighted by atomic mass is 10.2. The van der Waals surface area contributed by atoms with Gasteiger partial charge in [0, 0.05) is 35.9 Å². The Morgan fingerprint density at radius 1 is 0.529 bits per heavy atom. The number of benzene rings is 2. The molecule has 0 amide bonds. The van der Waals surface area contributed by atoms with Gasteiger partial charge in [-0.1, -0.05) is 6.07 Å². The molecule has 2 aromatic carbocycles. The van der Waals surface area contributed by atoms with Crippen LogP contribution in [-0.4, -0.2) is 44.9 Å². The molecule has 0 aliphatic carbocycles. The molecule has 7 rings (SSSR count). The van der Waals surface area contributed by atoms with Crippen molar-refractivity contribution in [3.63, 3.8) is 0 Å². The van der Waals surface area contributed by atoms with Gasteiger partial charge in [-0.2, -0.15) is 0 Å². The molecule has 7 aromatic rings. The molecular weight excluding hydrogens is 426 g/mol. The molecule has 5 heterocycles. The average Bonchev–Trinajstić information content (AvgIpc) is 3.69. The molecule has 0 fully saturated rings. The van der Waals surface area contributed by atoms with Crippen LogP contribution in [0, 0.1) is 0 Å². The first kappa shape index (κ1) is 18.5. The number of aromatic amines is 4. The van der Waals surface area contributed by atoms with Crippen molar-refractivity contribution in [3.8, 4) is 45.8 Å². The minimum absolute atomic E-state index is 0.699. The van der Waals surface area contributed by atoms with Crippen molar-refractivity contribution in [1.29, 1.82) is 0 Å². The van der Waals surface area contributed by atoms with E-state index in [9.17, 15) is 0 Å². The van der Waals surface area contributed by atoms with Crippen molar-refractivity contribution in [1.82, 2.24) is 44.9 Å². The van der Waals surface area contributed by atoms with Gasteiger partial charge in [0.2, 0.25) is 0 Å². The van der Waals surface area contributed by atoms with E-state index in [4.69, 9.17) is 15.0 Å². The second-order valence-electron chi connectivity index (χ2n) is 7.92. The van der Waals surface area contributed by atoms with Crippen molar-refractivity contribution < 1.29 is 0 Å². The monoisotopic (exact) mass is 443 g/mol. The Labute approximate surface area is 192 Å². The number of imidazole rings is 4. The highest BCUT2D eigenvalue weighted by Gasteiger charge is 2.13. The molecule has 0 aliphatic heterocycles. The average molecular weight is 443 g/mol. The number of fused-ring (bicyclic) bond motifs is 2. The van der Waals surface area contributed by atoms with Crippen LogP contribution in [0.25, 0.3) is 67.9 Å². The van der Waals surface area contributed by atoms with Crippen molar-refractivity contribution in [2.24, 2.45) is 0 Å². The standard InChI is InChI=1S/C25H17N9/c1-2-18(24-31-16-6-4-14(12-20(16)33-24)22-26-8-9-27-22)30-19(3-1)25-32-17-7-5-15(13-21(17)34-25)23-28-10-11-29-23/h1-13H,(H,26,27)(H,28,29)(H,31,33)(H,32,34). The first-order valence-electron chi connectivity index (χ1n) is 10.8. The number of hydrogen-bond acceptors (Lipinski definition) is 5. The SMILES string of the molecule is c1cc(-c2nc3ccc(-c4ncc[nH]4)cc3[nH]2)nc(-c2nc3ccc(-c4ncc[nH]4)cc3[nH]2)c1. The maximum Gasteiger partial charge on any atom is 0.157 e. The Kier molecular flexibility index (Phi) is 3.94. The van der Waals surface area contributed by atoms with Gasteiger partial charge in [0.25, 0.3) is 0 Å². The third-order valence-corrected chi connectivity index (χ3v) is 5.74. The fourth-order valence-corrected chi connectivity index (χ4v) is 4.10. The molecular formula is C25H17N9. The van der Waals surface area contributed by atoms with Crippen LogP contribution in [0.15, 0.2) is 79.4 Å². The fourth-order valence-electron chi connectivity index (χ4n) is 4.10. The van der Waals surface area contributed by atoms with Crippen LogP contribution >= 0.6 is 0 Å². The predicted octanol–water partition coefficient (Wildman–Crippen LogP) is 4.95. The number of rotatable bonds is 4. The largest absolute Gasteiger partial charge is 0.345 e. The van der Waals surface area contributed by atoms with E-state index in [2.05, 4.69) is 29.9 Å². The van der Waals surface area contributed by atoms with Crippen LogP contribution < -0.4 is 0 Å².